The Kier molecular flexibility index (Phi) is 8.25. The maximum atomic E-state index is 12.4. The maximum Gasteiger partial charge on any atom is 0.343 e. The molecule has 3 aromatic rings. The molecule has 0 heterocycles. The van der Waals surface area contributed by atoms with Gasteiger partial charge in [0.05, 0.1) is 28.6 Å². The minimum atomic E-state index is -0.520. The molecule has 8 heteroatoms. The Morgan fingerprint density at radius 2 is 1.41 bits per heavy atom. The Morgan fingerprint density at radius 1 is 0.853 bits per heavy atom. The number of carbonyl (C=O) groups excluding carboxylic acids is 2. The summed E-state index contributed by atoms with van der Waals surface area (Å²) >= 11 is 0. The van der Waals surface area contributed by atoms with Crippen molar-refractivity contribution in [2.45, 2.75) is 6.92 Å². The van der Waals surface area contributed by atoms with Crippen molar-refractivity contribution in [2.75, 3.05) is 13.2 Å². The van der Waals surface area contributed by atoms with Gasteiger partial charge in [-0.25, -0.2) is 9.59 Å². The number of nitrogens with zero attached hydrogens (tertiary/aromatic N) is 3. The third kappa shape index (κ3) is 7.14. The number of hydrogen-bond acceptors (Lipinski definition) is 8. The van der Waals surface area contributed by atoms with Gasteiger partial charge in [0.15, 0.2) is 0 Å². The van der Waals surface area contributed by atoms with Crippen LogP contribution in [0.2, 0.25) is 0 Å². The summed E-state index contributed by atoms with van der Waals surface area (Å²) < 4.78 is 15.8. The molecule has 0 aromatic heterocycles. The van der Waals surface area contributed by atoms with Gasteiger partial charge in [0, 0.05) is 5.57 Å². The van der Waals surface area contributed by atoms with Crippen molar-refractivity contribution in [1.29, 1.82) is 5.26 Å². The van der Waals surface area contributed by atoms with Crippen LogP contribution in [-0.2, 0) is 9.53 Å². The molecule has 34 heavy (non-hydrogen) atoms. The summed E-state index contributed by atoms with van der Waals surface area (Å²) in [7, 11) is 0. The van der Waals surface area contributed by atoms with E-state index in [0.29, 0.717) is 39.6 Å². The van der Waals surface area contributed by atoms with Crippen molar-refractivity contribution in [3.8, 4) is 17.6 Å². The van der Waals surface area contributed by atoms with E-state index in [1.54, 1.807) is 79.7 Å². The lowest BCUT2D eigenvalue weighted by Gasteiger charge is -2.08. The monoisotopic (exact) mass is 455 g/mol. The number of esters is 2. The summed E-state index contributed by atoms with van der Waals surface area (Å²) in [5.41, 5.74) is 2.43. The van der Waals surface area contributed by atoms with Gasteiger partial charge in [-0.1, -0.05) is 6.58 Å². The lowest BCUT2D eigenvalue weighted by Crippen LogP contribution is -2.12. The fraction of sp³-hybridized carbons (Fsp3) is 0.115. The van der Waals surface area contributed by atoms with Crippen molar-refractivity contribution in [2.24, 2.45) is 10.2 Å². The Bertz CT molecular complexity index is 1230. The molecule has 0 aliphatic carbocycles. The second-order valence-corrected chi connectivity index (χ2v) is 7.03. The van der Waals surface area contributed by atoms with E-state index in [9.17, 15) is 9.59 Å². The molecule has 0 N–H and O–H groups in total. The number of hydrogen-bond donors (Lipinski definition) is 0. The molecule has 0 aliphatic heterocycles. The number of carbonyl (C=O) groups is 2. The van der Waals surface area contributed by atoms with Crippen molar-refractivity contribution in [1.82, 2.24) is 0 Å². The van der Waals surface area contributed by atoms with E-state index >= 15 is 0 Å². The van der Waals surface area contributed by atoms with Crippen LogP contribution in [0.5, 0.6) is 11.5 Å². The number of ether oxygens (including phenoxy) is 3. The van der Waals surface area contributed by atoms with Crippen molar-refractivity contribution >= 4 is 23.3 Å². The van der Waals surface area contributed by atoms with E-state index in [4.69, 9.17) is 19.5 Å². The lowest BCUT2D eigenvalue weighted by atomic mass is 10.2. The van der Waals surface area contributed by atoms with Crippen LogP contribution in [0.3, 0.4) is 0 Å². The van der Waals surface area contributed by atoms with Gasteiger partial charge in [-0.15, -0.1) is 0 Å². The first-order valence-corrected chi connectivity index (χ1v) is 10.2. The quantitative estimate of drug-likeness (QED) is 0.135. The molecule has 3 rings (SSSR count). The van der Waals surface area contributed by atoms with Gasteiger partial charge in [0.25, 0.3) is 0 Å². The third-order valence-corrected chi connectivity index (χ3v) is 4.35. The molecule has 170 valence electrons. The van der Waals surface area contributed by atoms with E-state index < -0.39 is 11.9 Å². The first-order valence-electron chi connectivity index (χ1n) is 10.2. The highest BCUT2D eigenvalue weighted by atomic mass is 16.6. The molecule has 0 bridgehead atoms. The van der Waals surface area contributed by atoms with Crippen LogP contribution in [0, 0.1) is 11.3 Å². The average Bonchev–Trinajstić information content (AvgIpc) is 2.86. The summed E-state index contributed by atoms with van der Waals surface area (Å²) in [6.45, 7) is 5.34. The first-order chi connectivity index (χ1) is 16.4. The van der Waals surface area contributed by atoms with E-state index in [1.165, 1.54) is 0 Å². The summed E-state index contributed by atoms with van der Waals surface area (Å²) in [5, 5.41) is 17.1. The molecule has 0 saturated carbocycles. The zero-order valence-corrected chi connectivity index (χ0v) is 18.4. The summed E-state index contributed by atoms with van der Waals surface area (Å²) in [4.78, 5) is 23.7. The van der Waals surface area contributed by atoms with Gasteiger partial charge < -0.3 is 14.2 Å². The van der Waals surface area contributed by atoms with Gasteiger partial charge in [-0.2, -0.15) is 15.5 Å². The van der Waals surface area contributed by atoms with Crippen LogP contribution in [0.4, 0.5) is 11.4 Å². The zero-order chi connectivity index (χ0) is 24.3. The van der Waals surface area contributed by atoms with Gasteiger partial charge in [-0.3, -0.25) is 0 Å². The van der Waals surface area contributed by atoms with Gasteiger partial charge >= 0.3 is 11.9 Å². The molecule has 0 unspecified atom stereocenters. The summed E-state index contributed by atoms with van der Waals surface area (Å²) in [5.74, 6) is -0.0973. The highest BCUT2D eigenvalue weighted by Gasteiger charge is 2.09. The predicted octanol–water partition coefficient (Wildman–Crippen LogP) is 5.69. The third-order valence-electron chi connectivity index (χ3n) is 4.35. The SMILES string of the molecule is C=C(C)C(=O)OCCOc1ccc(C(=O)Oc2ccc(/N=N/c3ccc(C#N)cc3)cc2)cc1. The average molecular weight is 455 g/mol. The van der Waals surface area contributed by atoms with E-state index in [1.807, 2.05) is 6.07 Å². The Morgan fingerprint density at radius 3 is 1.97 bits per heavy atom. The van der Waals surface area contributed by atoms with Crippen LogP contribution in [0.15, 0.2) is 95.2 Å². The summed E-state index contributed by atoms with van der Waals surface area (Å²) in [6, 6.07) is 21.8. The molecule has 0 atom stereocenters. The van der Waals surface area contributed by atoms with E-state index in [-0.39, 0.29) is 13.2 Å². The molecule has 8 nitrogen and oxygen atoms in total. The van der Waals surface area contributed by atoms with Crippen LogP contribution < -0.4 is 9.47 Å². The van der Waals surface area contributed by atoms with Crippen LogP contribution in [0.1, 0.15) is 22.8 Å². The zero-order valence-electron chi connectivity index (χ0n) is 18.4. The topological polar surface area (TPSA) is 110 Å². The molecule has 0 aliphatic rings. The molecule has 0 spiro atoms. The molecular formula is C26H21N3O5. The Hall–Kier alpha value is -4.77. The molecule has 3 aromatic carbocycles. The highest BCUT2D eigenvalue weighted by Crippen LogP contribution is 2.22. The van der Waals surface area contributed by atoms with E-state index in [2.05, 4.69) is 16.8 Å². The van der Waals surface area contributed by atoms with Crippen LogP contribution in [-0.4, -0.2) is 25.2 Å². The fourth-order valence-electron chi connectivity index (χ4n) is 2.57. The number of nitriles is 1. The lowest BCUT2D eigenvalue weighted by molar-refractivity contribution is -0.139. The Labute approximate surface area is 196 Å². The number of azo groups is 1. The second kappa shape index (κ2) is 11.7. The fourth-order valence-corrected chi connectivity index (χ4v) is 2.57. The van der Waals surface area contributed by atoms with Gasteiger partial charge in [-0.05, 0) is 79.7 Å². The minimum Gasteiger partial charge on any atom is -0.490 e. The Balaban J connectivity index is 1.49. The standard InChI is InChI=1S/C26H21N3O5/c1-18(2)25(30)33-16-15-32-23-11-5-20(6-12-23)26(31)34-24-13-9-22(10-14-24)29-28-21-7-3-19(17-27)4-8-21/h3-14H,1,15-16H2,2H3/b29-28+. The van der Waals surface area contributed by atoms with Crippen molar-refractivity contribution in [3.63, 3.8) is 0 Å². The molecule has 0 saturated heterocycles. The number of rotatable bonds is 9. The van der Waals surface area contributed by atoms with Crippen molar-refractivity contribution in [3.05, 3.63) is 96.1 Å². The van der Waals surface area contributed by atoms with Gasteiger partial charge in [0.2, 0.25) is 0 Å². The smallest absolute Gasteiger partial charge is 0.343 e. The largest absolute Gasteiger partial charge is 0.490 e. The van der Waals surface area contributed by atoms with Crippen LogP contribution in [0.25, 0.3) is 0 Å². The highest BCUT2D eigenvalue weighted by molar-refractivity contribution is 5.91. The van der Waals surface area contributed by atoms with Crippen molar-refractivity contribution < 1.29 is 23.8 Å². The van der Waals surface area contributed by atoms with Crippen LogP contribution >= 0.6 is 0 Å². The molecule has 0 amide bonds. The van der Waals surface area contributed by atoms with Gasteiger partial charge in [0.1, 0.15) is 24.7 Å². The van der Waals surface area contributed by atoms with E-state index in [0.717, 1.165) is 0 Å². The molecular weight excluding hydrogens is 434 g/mol. The first kappa shape index (κ1) is 23.9. The maximum absolute atomic E-state index is 12.4. The number of benzene rings is 3. The summed E-state index contributed by atoms with van der Waals surface area (Å²) in [6.07, 6.45) is 0. The molecule has 0 radical (unpaired) electrons. The normalized spacial score (nSPS) is 10.4. The predicted molar refractivity (Wildman–Crippen MR) is 124 cm³/mol. The minimum absolute atomic E-state index is 0.0958. The molecule has 0 fully saturated rings. The second-order valence-electron chi connectivity index (χ2n) is 7.03.